The Morgan fingerprint density at radius 2 is 0.649 bits per heavy atom. The molecular formula is C30H30O6Rh. The largest absolute Gasteiger partial charge is 0.303 e. The molecule has 37 heavy (non-hydrogen) atoms. The van der Waals surface area contributed by atoms with Crippen LogP contribution in [-0.2, 0) is 67.5 Å². The molecule has 0 saturated carbocycles. The van der Waals surface area contributed by atoms with E-state index in [9.17, 15) is 28.8 Å². The molecule has 0 atom stereocenters. The molecule has 0 amide bonds. The van der Waals surface area contributed by atoms with Crippen LogP contribution in [-0.4, -0.2) is 36.2 Å². The summed E-state index contributed by atoms with van der Waals surface area (Å²) in [5.74, 6) is -0.0939. The molecule has 0 aromatic heterocycles. The van der Waals surface area contributed by atoms with Gasteiger partial charge < -0.3 is 14.4 Å². The first kappa shape index (κ1) is 33.3. The van der Waals surface area contributed by atoms with Gasteiger partial charge in [0.05, 0.1) is 19.3 Å². The van der Waals surface area contributed by atoms with Crippen LogP contribution in [0.3, 0.4) is 0 Å². The second-order valence-electron chi connectivity index (χ2n) is 7.72. The van der Waals surface area contributed by atoms with Gasteiger partial charge in [-0.25, -0.2) is 0 Å². The van der Waals surface area contributed by atoms with Crippen molar-refractivity contribution >= 4 is 36.2 Å². The fourth-order valence-electron chi connectivity index (χ4n) is 2.97. The van der Waals surface area contributed by atoms with E-state index in [1.165, 1.54) is 0 Å². The van der Waals surface area contributed by atoms with Gasteiger partial charge in [-0.1, -0.05) is 91.0 Å². The Hall–Kier alpha value is -3.70. The standard InChI is InChI=1S/3C10H10O2.Rh/c3*11-7-6-10(12)8-9-4-2-1-3-5-9;/h3*1-5,7H,6,8H2;. The van der Waals surface area contributed by atoms with Gasteiger partial charge in [-0.05, 0) is 16.7 Å². The van der Waals surface area contributed by atoms with Gasteiger partial charge in [0.15, 0.2) is 0 Å². The zero-order valence-corrected chi connectivity index (χ0v) is 22.1. The maximum Gasteiger partial charge on any atom is 0.144 e. The Labute approximate surface area is 230 Å². The van der Waals surface area contributed by atoms with E-state index < -0.39 is 0 Å². The average Bonchev–Trinajstić information content (AvgIpc) is 2.87. The average molecular weight is 589 g/mol. The topological polar surface area (TPSA) is 102 Å². The number of carbonyl (C=O) groups is 6. The Bertz CT molecular complexity index is 941. The normalized spacial score (nSPS) is 9.08. The van der Waals surface area contributed by atoms with Crippen LogP contribution in [0.15, 0.2) is 91.0 Å². The van der Waals surface area contributed by atoms with Gasteiger partial charge in [0.25, 0.3) is 0 Å². The van der Waals surface area contributed by atoms with Crippen molar-refractivity contribution in [3.63, 3.8) is 0 Å². The van der Waals surface area contributed by atoms with E-state index >= 15 is 0 Å². The summed E-state index contributed by atoms with van der Waals surface area (Å²) < 4.78 is 0. The molecule has 0 aliphatic rings. The summed E-state index contributed by atoms with van der Waals surface area (Å²) >= 11 is 0. The number of Topliss-reactive ketones (excluding diaryl/α,β-unsaturated/α-hetero) is 3. The van der Waals surface area contributed by atoms with Crippen LogP contribution in [0, 0.1) is 0 Å². The van der Waals surface area contributed by atoms with Crippen molar-refractivity contribution in [2.24, 2.45) is 0 Å². The summed E-state index contributed by atoms with van der Waals surface area (Å²) in [4.78, 5) is 62.9. The molecule has 0 aliphatic heterocycles. The van der Waals surface area contributed by atoms with E-state index in [0.29, 0.717) is 38.1 Å². The molecule has 0 unspecified atom stereocenters. The van der Waals surface area contributed by atoms with Crippen LogP contribution in [0.1, 0.15) is 36.0 Å². The third kappa shape index (κ3) is 17.4. The molecule has 0 bridgehead atoms. The summed E-state index contributed by atoms with van der Waals surface area (Å²) in [6.07, 6.45) is 3.08. The van der Waals surface area contributed by atoms with Crippen LogP contribution in [0.2, 0.25) is 0 Å². The zero-order valence-electron chi connectivity index (χ0n) is 20.4. The quantitative estimate of drug-likeness (QED) is 0.179. The minimum atomic E-state index is -0.0313. The molecule has 6 nitrogen and oxygen atoms in total. The number of hydrogen-bond donors (Lipinski definition) is 0. The fraction of sp³-hybridized carbons (Fsp3) is 0.200. The van der Waals surface area contributed by atoms with E-state index in [-0.39, 0.29) is 56.1 Å². The summed E-state index contributed by atoms with van der Waals surface area (Å²) in [5.41, 5.74) is 2.89. The van der Waals surface area contributed by atoms with Crippen molar-refractivity contribution in [1.29, 1.82) is 0 Å². The van der Waals surface area contributed by atoms with Crippen LogP contribution >= 0.6 is 0 Å². The third-order valence-corrected chi connectivity index (χ3v) is 4.67. The third-order valence-electron chi connectivity index (χ3n) is 4.67. The number of hydrogen-bond acceptors (Lipinski definition) is 6. The van der Waals surface area contributed by atoms with Gasteiger partial charge in [-0.15, -0.1) is 0 Å². The SMILES string of the molecule is O=CCC(=O)Cc1ccccc1.O=CCC(=O)Cc1ccccc1.O=CCC(=O)Cc1ccccc1.[Rh]. The molecule has 3 rings (SSSR count). The molecule has 7 heteroatoms. The predicted octanol–water partition coefficient (Wildman–Crippen LogP) is 4.16. The molecule has 3 aromatic carbocycles. The summed E-state index contributed by atoms with van der Waals surface area (Å²) in [5, 5.41) is 0. The minimum absolute atomic E-state index is 0. The van der Waals surface area contributed by atoms with Gasteiger partial charge in [0.1, 0.15) is 36.2 Å². The first-order valence-corrected chi connectivity index (χ1v) is 11.5. The zero-order chi connectivity index (χ0) is 26.4. The molecule has 0 fully saturated rings. The molecule has 195 valence electrons. The van der Waals surface area contributed by atoms with Crippen molar-refractivity contribution in [3.05, 3.63) is 108 Å². The molecular weight excluding hydrogens is 559 g/mol. The smallest absolute Gasteiger partial charge is 0.144 e. The van der Waals surface area contributed by atoms with Gasteiger partial charge in [-0.2, -0.15) is 0 Å². The van der Waals surface area contributed by atoms with E-state index in [2.05, 4.69) is 0 Å². The molecule has 0 saturated heterocycles. The van der Waals surface area contributed by atoms with E-state index in [0.717, 1.165) is 16.7 Å². The van der Waals surface area contributed by atoms with E-state index in [1.54, 1.807) is 0 Å². The van der Waals surface area contributed by atoms with Crippen molar-refractivity contribution < 1.29 is 48.2 Å². The second kappa shape index (κ2) is 21.6. The molecule has 0 N–H and O–H groups in total. The van der Waals surface area contributed by atoms with Gasteiger partial charge in [-0.3, -0.25) is 14.4 Å². The Morgan fingerprint density at radius 3 is 0.838 bits per heavy atom. The molecule has 0 aliphatic carbocycles. The Kier molecular flexibility index (Phi) is 19.4. The minimum Gasteiger partial charge on any atom is -0.303 e. The number of rotatable bonds is 12. The maximum atomic E-state index is 11.0. The van der Waals surface area contributed by atoms with Crippen molar-refractivity contribution in [1.82, 2.24) is 0 Å². The van der Waals surface area contributed by atoms with E-state index in [4.69, 9.17) is 0 Å². The molecule has 3 aromatic rings. The van der Waals surface area contributed by atoms with Crippen molar-refractivity contribution in [2.45, 2.75) is 38.5 Å². The summed E-state index contributed by atoms with van der Waals surface area (Å²) in [7, 11) is 0. The predicted molar refractivity (Wildman–Crippen MR) is 138 cm³/mol. The molecule has 0 heterocycles. The molecule has 1 radical (unpaired) electrons. The van der Waals surface area contributed by atoms with Crippen molar-refractivity contribution in [3.8, 4) is 0 Å². The first-order valence-electron chi connectivity index (χ1n) is 11.5. The van der Waals surface area contributed by atoms with Gasteiger partial charge in [0, 0.05) is 38.7 Å². The van der Waals surface area contributed by atoms with Gasteiger partial charge >= 0.3 is 0 Å². The van der Waals surface area contributed by atoms with Crippen LogP contribution in [0.5, 0.6) is 0 Å². The molecule has 0 spiro atoms. The van der Waals surface area contributed by atoms with Crippen LogP contribution in [0.25, 0.3) is 0 Å². The van der Waals surface area contributed by atoms with Crippen LogP contribution in [0.4, 0.5) is 0 Å². The second-order valence-corrected chi connectivity index (χ2v) is 7.72. The number of aldehydes is 3. The van der Waals surface area contributed by atoms with Crippen molar-refractivity contribution in [2.75, 3.05) is 0 Å². The Morgan fingerprint density at radius 1 is 0.432 bits per heavy atom. The monoisotopic (exact) mass is 589 g/mol. The summed E-state index contributed by atoms with van der Waals surface area (Å²) in [6, 6.07) is 28.2. The Balaban J connectivity index is 0.000000518. The number of benzene rings is 3. The first-order chi connectivity index (χ1) is 17.5. The fourth-order valence-corrected chi connectivity index (χ4v) is 2.97. The van der Waals surface area contributed by atoms with E-state index in [1.807, 2.05) is 91.0 Å². The number of ketones is 3. The van der Waals surface area contributed by atoms with Gasteiger partial charge in [0.2, 0.25) is 0 Å². The maximum absolute atomic E-state index is 11.0. The number of carbonyl (C=O) groups excluding carboxylic acids is 6. The van der Waals surface area contributed by atoms with Crippen LogP contribution < -0.4 is 0 Å². The summed E-state index contributed by atoms with van der Waals surface area (Å²) in [6.45, 7) is 0.